The van der Waals surface area contributed by atoms with Crippen LogP contribution in [0.2, 0.25) is 0 Å². The molecule has 4 rings (SSSR count). The van der Waals surface area contributed by atoms with Gasteiger partial charge < -0.3 is 18.9 Å². The Morgan fingerprint density at radius 2 is 1.68 bits per heavy atom. The number of nitrogens with zero attached hydrogens (tertiary/aromatic N) is 3. The minimum absolute atomic E-state index is 0.176. The van der Waals surface area contributed by atoms with Gasteiger partial charge in [0.1, 0.15) is 10.6 Å². The fourth-order valence-electron chi connectivity index (χ4n) is 4.53. The normalized spacial score (nSPS) is 19.4. The minimum atomic E-state index is -3.57. The number of carbonyl (C=O) groups excluding carboxylic acids is 1. The number of methoxy groups -OCH3 is 2. The van der Waals surface area contributed by atoms with Gasteiger partial charge in [0.25, 0.3) is 5.91 Å². The molecule has 9 heteroatoms. The summed E-state index contributed by atoms with van der Waals surface area (Å²) in [6.45, 7) is 3.59. The van der Waals surface area contributed by atoms with Crippen molar-refractivity contribution in [3.8, 4) is 11.5 Å². The van der Waals surface area contributed by atoms with Gasteiger partial charge in [0.15, 0.2) is 11.5 Å². The molecule has 0 unspecified atom stereocenters. The van der Waals surface area contributed by atoms with Crippen LogP contribution in [0.5, 0.6) is 11.5 Å². The van der Waals surface area contributed by atoms with E-state index in [1.165, 1.54) is 16.6 Å². The first-order chi connectivity index (χ1) is 14.8. The molecule has 1 aromatic heterocycles. The van der Waals surface area contributed by atoms with Gasteiger partial charge in [-0.25, -0.2) is 8.42 Å². The summed E-state index contributed by atoms with van der Waals surface area (Å²) in [5, 5.41) is 0. The highest BCUT2D eigenvalue weighted by atomic mass is 32.2. The third kappa shape index (κ3) is 3.70. The summed E-state index contributed by atoms with van der Waals surface area (Å²) in [7, 11) is 1.34. The molecular formula is C22H29N3O5S. The van der Waals surface area contributed by atoms with E-state index in [-0.39, 0.29) is 16.8 Å². The predicted octanol–water partition coefficient (Wildman–Crippen LogP) is 2.59. The highest BCUT2D eigenvalue weighted by Gasteiger charge is 2.33. The minimum Gasteiger partial charge on any atom is -0.493 e. The predicted molar refractivity (Wildman–Crippen MR) is 116 cm³/mol. The highest BCUT2D eigenvalue weighted by Crippen LogP contribution is 2.38. The number of aryl methyl sites for hydroxylation is 1. The van der Waals surface area contributed by atoms with Gasteiger partial charge in [-0.15, -0.1) is 0 Å². The largest absolute Gasteiger partial charge is 0.493 e. The summed E-state index contributed by atoms with van der Waals surface area (Å²) >= 11 is 0. The second-order valence-corrected chi connectivity index (χ2v) is 10.1. The zero-order valence-electron chi connectivity index (χ0n) is 18.4. The summed E-state index contributed by atoms with van der Waals surface area (Å²) in [5.41, 5.74) is 2.50. The van der Waals surface area contributed by atoms with E-state index in [0.717, 1.165) is 24.0 Å². The van der Waals surface area contributed by atoms with E-state index in [4.69, 9.17) is 9.47 Å². The van der Waals surface area contributed by atoms with Crippen LogP contribution < -0.4 is 9.47 Å². The van der Waals surface area contributed by atoms with E-state index in [1.807, 2.05) is 19.1 Å². The lowest BCUT2D eigenvalue weighted by Gasteiger charge is -2.35. The third-order valence-electron chi connectivity index (χ3n) is 6.35. The maximum atomic E-state index is 13.4. The van der Waals surface area contributed by atoms with Gasteiger partial charge in [0.05, 0.1) is 20.3 Å². The van der Waals surface area contributed by atoms with Gasteiger partial charge in [0.2, 0.25) is 10.0 Å². The van der Waals surface area contributed by atoms with Gasteiger partial charge >= 0.3 is 0 Å². The average molecular weight is 448 g/mol. The Morgan fingerprint density at radius 1 is 1.03 bits per heavy atom. The molecule has 2 aromatic rings. The van der Waals surface area contributed by atoms with Crippen molar-refractivity contribution >= 4 is 15.9 Å². The SMILES string of the molecule is COc1cc2c(cc1OC)[C@@H](C)N(C(=O)c1cc(S(=O)(=O)N3CCCC3)cn1C)CC2. The molecule has 3 heterocycles. The number of amides is 1. The zero-order chi connectivity index (χ0) is 22.3. The molecule has 1 fully saturated rings. The molecule has 2 aliphatic rings. The van der Waals surface area contributed by atoms with Gasteiger partial charge in [-0.3, -0.25) is 4.79 Å². The molecule has 0 N–H and O–H groups in total. The van der Waals surface area contributed by atoms with Crippen molar-refractivity contribution in [1.82, 2.24) is 13.8 Å². The molecule has 168 valence electrons. The Balaban J connectivity index is 1.63. The number of sulfonamides is 1. The molecule has 8 nitrogen and oxygen atoms in total. The van der Waals surface area contributed by atoms with Crippen LogP contribution in [0.25, 0.3) is 0 Å². The maximum Gasteiger partial charge on any atom is 0.271 e. The Labute approximate surface area is 183 Å². The molecule has 1 amide bonds. The first-order valence-corrected chi connectivity index (χ1v) is 11.9. The van der Waals surface area contributed by atoms with Crippen molar-refractivity contribution < 1.29 is 22.7 Å². The van der Waals surface area contributed by atoms with Crippen molar-refractivity contribution in [1.29, 1.82) is 0 Å². The Hall–Kier alpha value is -2.52. The lowest BCUT2D eigenvalue weighted by molar-refractivity contribution is 0.0667. The highest BCUT2D eigenvalue weighted by molar-refractivity contribution is 7.89. The van der Waals surface area contributed by atoms with Crippen LogP contribution in [-0.2, 0) is 23.5 Å². The number of hydrogen-bond acceptors (Lipinski definition) is 5. The molecule has 2 aliphatic heterocycles. The van der Waals surface area contributed by atoms with Crippen LogP contribution in [0.4, 0.5) is 0 Å². The number of aromatic nitrogens is 1. The quantitative estimate of drug-likeness (QED) is 0.704. The van der Waals surface area contributed by atoms with Crippen LogP contribution in [0, 0.1) is 0 Å². The molecule has 0 radical (unpaired) electrons. The van der Waals surface area contributed by atoms with E-state index >= 15 is 0 Å². The second kappa shape index (κ2) is 8.20. The summed E-state index contributed by atoms with van der Waals surface area (Å²) in [6, 6.07) is 5.22. The van der Waals surface area contributed by atoms with Crippen LogP contribution in [0.3, 0.4) is 0 Å². The molecule has 1 atom stereocenters. The first-order valence-electron chi connectivity index (χ1n) is 10.5. The molecule has 1 aromatic carbocycles. The van der Waals surface area contributed by atoms with E-state index in [1.54, 1.807) is 30.7 Å². The van der Waals surface area contributed by atoms with Crippen molar-refractivity contribution in [2.24, 2.45) is 7.05 Å². The van der Waals surface area contributed by atoms with Crippen LogP contribution in [0.15, 0.2) is 29.3 Å². The summed E-state index contributed by atoms with van der Waals surface area (Å²) in [6.07, 6.45) is 3.97. The number of benzene rings is 1. The molecule has 0 saturated carbocycles. The summed E-state index contributed by atoms with van der Waals surface area (Å²) < 4.78 is 39.8. The number of fused-ring (bicyclic) bond motifs is 1. The monoisotopic (exact) mass is 447 g/mol. The van der Waals surface area contributed by atoms with Crippen molar-refractivity contribution in [3.05, 3.63) is 41.2 Å². The number of ether oxygens (including phenoxy) is 2. The Morgan fingerprint density at radius 3 is 2.32 bits per heavy atom. The van der Waals surface area contributed by atoms with Gasteiger partial charge in [-0.2, -0.15) is 4.31 Å². The van der Waals surface area contributed by atoms with Crippen molar-refractivity contribution in [3.63, 3.8) is 0 Å². The third-order valence-corrected chi connectivity index (χ3v) is 8.21. The number of carbonyl (C=O) groups is 1. The van der Waals surface area contributed by atoms with E-state index in [0.29, 0.717) is 43.2 Å². The molecule has 31 heavy (non-hydrogen) atoms. The fourth-order valence-corrected chi connectivity index (χ4v) is 6.12. The molecule has 0 spiro atoms. The molecular weight excluding hydrogens is 418 g/mol. The van der Waals surface area contributed by atoms with Crippen LogP contribution >= 0.6 is 0 Å². The standard InChI is InChI=1S/C22H29N3O5S/c1-15-18-13-21(30-4)20(29-3)11-16(18)7-10-25(15)22(26)19-12-17(14-23(19)2)31(27,28)24-8-5-6-9-24/h11-15H,5-10H2,1-4H3/t15-/m1/s1. The Kier molecular flexibility index (Phi) is 5.74. The van der Waals surface area contributed by atoms with Crippen LogP contribution in [0.1, 0.15) is 47.4 Å². The number of rotatable bonds is 5. The van der Waals surface area contributed by atoms with Gasteiger partial charge in [-0.1, -0.05) is 0 Å². The number of hydrogen-bond donors (Lipinski definition) is 0. The first kappa shape index (κ1) is 21.7. The van der Waals surface area contributed by atoms with E-state index < -0.39 is 10.0 Å². The lowest BCUT2D eigenvalue weighted by atomic mass is 9.92. The topological polar surface area (TPSA) is 81.1 Å². The van der Waals surface area contributed by atoms with E-state index in [2.05, 4.69) is 0 Å². The molecule has 0 bridgehead atoms. The Bertz CT molecular complexity index is 1100. The van der Waals surface area contributed by atoms with Crippen molar-refractivity contribution in [2.75, 3.05) is 33.9 Å². The maximum absolute atomic E-state index is 13.4. The smallest absolute Gasteiger partial charge is 0.271 e. The van der Waals surface area contributed by atoms with Gasteiger partial charge in [0, 0.05) is 32.9 Å². The van der Waals surface area contributed by atoms with E-state index in [9.17, 15) is 13.2 Å². The van der Waals surface area contributed by atoms with Crippen molar-refractivity contribution in [2.45, 2.75) is 37.1 Å². The summed E-state index contributed by atoms with van der Waals surface area (Å²) in [4.78, 5) is 15.4. The van der Waals surface area contributed by atoms with Gasteiger partial charge in [-0.05, 0) is 55.5 Å². The van der Waals surface area contributed by atoms with Crippen LogP contribution in [-0.4, -0.2) is 62.0 Å². The summed E-state index contributed by atoms with van der Waals surface area (Å²) in [5.74, 6) is 1.12. The lowest BCUT2D eigenvalue weighted by Crippen LogP contribution is -2.39. The average Bonchev–Trinajstić information content (AvgIpc) is 3.43. The molecule has 0 aliphatic carbocycles. The molecule has 1 saturated heterocycles. The zero-order valence-corrected chi connectivity index (χ0v) is 19.2. The fraction of sp³-hybridized carbons (Fsp3) is 0.500. The second-order valence-electron chi connectivity index (χ2n) is 8.11.